The molecule has 0 aromatic rings. The van der Waals surface area contributed by atoms with Crippen molar-refractivity contribution >= 4 is 0 Å². The summed E-state index contributed by atoms with van der Waals surface area (Å²) in [6.45, 7) is 22.2. The Morgan fingerprint density at radius 1 is 0.538 bits per heavy atom. The lowest BCUT2D eigenvalue weighted by atomic mass is 9.55. The molecule has 26 heavy (non-hydrogen) atoms. The van der Waals surface area contributed by atoms with Gasteiger partial charge in [0.2, 0.25) is 11.6 Å². The van der Waals surface area contributed by atoms with Gasteiger partial charge >= 0.3 is 0 Å². The zero-order valence-corrected chi connectivity index (χ0v) is 18.6. The molecule has 0 amide bonds. The van der Waals surface area contributed by atoms with E-state index in [1.807, 2.05) is 0 Å². The first-order chi connectivity index (χ1) is 11.7. The lowest BCUT2D eigenvalue weighted by molar-refractivity contribution is -0.714. The standard InChI is InChI=1S/C22H40O4/c1-15-11-13-17(3,4)21(19(15,7)8)23-25-22(26-24-21)18(5,6)14-12-16(2)20(22,9)10/h15-16H,11-14H2,1-10H3. The second-order valence-corrected chi connectivity index (χ2v) is 11.7. The molecule has 2 atom stereocenters. The van der Waals surface area contributed by atoms with E-state index in [4.69, 9.17) is 19.6 Å². The molecule has 3 fully saturated rings. The Hall–Kier alpha value is -0.160. The fourth-order valence-corrected chi connectivity index (χ4v) is 5.74. The van der Waals surface area contributed by atoms with E-state index in [1.54, 1.807) is 0 Å². The molecule has 3 aliphatic rings. The molecule has 0 bridgehead atoms. The van der Waals surface area contributed by atoms with E-state index in [9.17, 15) is 0 Å². The molecule has 2 aliphatic carbocycles. The van der Waals surface area contributed by atoms with Gasteiger partial charge in [0.25, 0.3) is 0 Å². The molecule has 1 saturated heterocycles. The maximum absolute atomic E-state index is 6.37. The summed E-state index contributed by atoms with van der Waals surface area (Å²) in [7, 11) is 0. The van der Waals surface area contributed by atoms with Crippen molar-refractivity contribution in [1.29, 1.82) is 0 Å². The minimum absolute atomic E-state index is 0.209. The molecule has 0 N–H and O–H groups in total. The van der Waals surface area contributed by atoms with Crippen molar-refractivity contribution in [3.05, 3.63) is 0 Å². The molecule has 2 saturated carbocycles. The van der Waals surface area contributed by atoms with E-state index < -0.39 is 11.6 Å². The van der Waals surface area contributed by atoms with Gasteiger partial charge in [-0.05, 0) is 37.5 Å². The third-order valence-electron chi connectivity index (χ3n) is 8.90. The molecule has 1 heterocycles. The van der Waals surface area contributed by atoms with Gasteiger partial charge in [0.1, 0.15) is 0 Å². The Morgan fingerprint density at radius 2 is 0.808 bits per heavy atom. The largest absolute Gasteiger partial charge is 0.244 e. The molecule has 2 unspecified atom stereocenters. The van der Waals surface area contributed by atoms with Crippen molar-refractivity contribution in [2.24, 2.45) is 33.5 Å². The third-order valence-corrected chi connectivity index (χ3v) is 8.90. The molecule has 0 radical (unpaired) electrons. The Morgan fingerprint density at radius 3 is 1.08 bits per heavy atom. The summed E-state index contributed by atoms with van der Waals surface area (Å²) < 4.78 is 0. The fourth-order valence-electron chi connectivity index (χ4n) is 5.74. The van der Waals surface area contributed by atoms with Crippen LogP contribution in [0.2, 0.25) is 0 Å². The van der Waals surface area contributed by atoms with Crippen LogP contribution in [0.15, 0.2) is 0 Å². The molecule has 1 aliphatic heterocycles. The van der Waals surface area contributed by atoms with Gasteiger partial charge in [-0.15, -0.1) is 0 Å². The normalized spacial score (nSPS) is 46.4. The Labute approximate surface area is 160 Å². The van der Waals surface area contributed by atoms with Crippen LogP contribution in [0, 0.1) is 33.5 Å². The Bertz CT molecular complexity index is 502. The van der Waals surface area contributed by atoms with Gasteiger partial charge in [-0.1, -0.05) is 69.2 Å². The van der Waals surface area contributed by atoms with E-state index in [1.165, 1.54) is 0 Å². The first-order valence-electron chi connectivity index (χ1n) is 10.4. The Kier molecular flexibility index (Phi) is 4.50. The zero-order chi connectivity index (χ0) is 19.8. The predicted molar refractivity (Wildman–Crippen MR) is 102 cm³/mol. The molecule has 4 heteroatoms. The van der Waals surface area contributed by atoms with Gasteiger partial charge < -0.3 is 0 Å². The zero-order valence-electron chi connectivity index (χ0n) is 18.6. The average molecular weight is 369 g/mol. The fraction of sp³-hybridized carbons (Fsp3) is 1.00. The van der Waals surface area contributed by atoms with Gasteiger partial charge in [-0.2, -0.15) is 19.6 Å². The highest BCUT2D eigenvalue weighted by molar-refractivity contribution is 5.07. The lowest BCUT2D eigenvalue weighted by Gasteiger charge is -2.65. The van der Waals surface area contributed by atoms with Gasteiger partial charge in [-0.25, -0.2) is 0 Å². The van der Waals surface area contributed by atoms with Crippen LogP contribution in [0.1, 0.15) is 94.9 Å². The maximum atomic E-state index is 6.37. The number of hydrogen-bond donors (Lipinski definition) is 0. The van der Waals surface area contributed by atoms with Crippen molar-refractivity contribution in [2.45, 2.75) is 106 Å². The summed E-state index contributed by atoms with van der Waals surface area (Å²) >= 11 is 0. The molecular formula is C22H40O4. The molecule has 0 aromatic carbocycles. The first kappa shape index (κ1) is 20.6. The highest BCUT2D eigenvalue weighted by Gasteiger charge is 2.73. The molecule has 4 nitrogen and oxygen atoms in total. The van der Waals surface area contributed by atoms with Crippen LogP contribution in [-0.4, -0.2) is 11.6 Å². The van der Waals surface area contributed by atoms with Crippen LogP contribution in [0.25, 0.3) is 0 Å². The summed E-state index contributed by atoms with van der Waals surface area (Å²) in [6, 6.07) is 0. The van der Waals surface area contributed by atoms with Crippen LogP contribution in [0.4, 0.5) is 0 Å². The van der Waals surface area contributed by atoms with E-state index in [0.717, 1.165) is 25.7 Å². The maximum Gasteiger partial charge on any atom is 0.244 e. The van der Waals surface area contributed by atoms with Crippen LogP contribution >= 0.6 is 0 Å². The van der Waals surface area contributed by atoms with Crippen molar-refractivity contribution in [3.8, 4) is 0 Å². The van der Waals surface area contributed by atoms with Crippen molar-refractivity contribution < 1.29 is 19.6 Å². The van der Waals surface area contributed by atoms with Crippen LogP contribution in [0.5, 0.6) is 0 Å². The van der Waals surface area contributed by atoms with Crippen LogP contribution < -0.4 is 0 Å². The van der Waals surface area contributed by atoms with Gasteiger partial charge in [0.15, 0.2) is 0 Å². The van der Waals surface area contributed by atoms with E-state index >= 15 is 0 Å². The quantitative estimate of drug-likeness (QED) is 0.473. The molecule has 0 aromatic heterocycles. The minimum Gasteiger partial charge on any atom is -0.194 e. The van der Waals surface area contributed by atoms with Crippen LogP contribution in [0.3, 0.4) is 0 Å². The van der Waals surface area contributed by atoms with Crippen molar-refractivity contribution in [3.63, 3.8) is 0 Å². The van der Waals surface area contributed by atoms with Gasteiger partial charge in [0.05, 0.1) is 0 Å². The topological polar surface area (TPSA) is 36.9 Å². The summed E-state index contributed by atoms with van der Waals surface area (Å²) in [5.74, 6) is -0.947. The first-order valence-corrected chi connectivity index (χ1v) is 10.4. The van der Waals surface area contributed by atoms with E-state index in [0.29, 0.717) is 11.8 Å². The van der Waals surface area contributed by atoms with Gasteiger partial charge in [-0.3, -0.25) is 0 Å². The summed E-state index contributed by atoms with van der Waals surface area (Å²) in [4.78, 5) is 25.5. The van der Waals surface area contributed by atoms with Crippen LogP contribution in [-0.2, 0) is 19.6 Å². The second-order valence-electron chi connectivity index (χ2n) is 11.7. The monoisotopic (exact) mass is 368 g/mol. The molecule has 3 rings (SSSR count). The lowest BCUT2D eigenvalue weighted by Crippen LogP contribution is -2.73. The third kappa shape index (κ3) is 2.28. The van der Waals surface area contributed by atoms with E-state index in [-0.39, 0.29) is 21.7 Å². The summed E-state index contributed by atoms with van der Waals surface area (Å²) in [5.41, 5.74) is -0.881. The predicted octanol–water partition coefficient (Wildman–Crippen LogP) is 6.25. The second kappa shape index (κ2) is 5.68. The number of rotatable bonds is 0. The van der Waals surface area contributed by atoms with Crippen molar-refractivity contribution in [2.75, 3.05) is 0 Å². The summed E-state index contributed by atoms with van der Waals surface area (Å²) in [5, 5.41) is 0. The van der Waals surface area contributed by atoms with E-state index in [2.05, 4.69) is 69.2 Å². The molecule has 152 valence electrons. The average Bonchev–Trinajstić information content (AvgIpc) is 2.54. The highest BCUT2D eigenvalue weighted by Crippen LogP contribution is 2.66. The van der Waals surface area contributed by atoms with Gasteiger partial charge in [0, 0.05) is 21.7 Å². The summed E-state index contributed by atoms with van der Waals surface area (Å²) in [6.07, 6.45) is 4.32. The number of hydrogen-bond acceptors (Lipinski definition) is 4. The smallest absolute Gasteiger partial charge is 0.194 e. The highest BCUT2D eigenvalue weighted by atomic mass is 17.4. The Balaban J connectivity index is 2.01. The molecule has 2 spiro atoms. The SMILES string of the molecule is CC1CCC(C)(C)C2(OOC3(OO2)C(C)(C)CCC(C)C3(C)C)C1(C)C. The minimum atomic E-state index is -0.921. The van der Waals surface area contributed by atoms with Crippen molar-refractivity contribution in [1.82, 2.24) is 0 Å². The molecular weight excluding hydrogens is 328 g/mol.